The van der Waals surface area contributed by atoms with Crippen molar-refractivity contribution in [3.63, 3.8) is 0 Å². The Labute approximate surface area is 101 Å². The van der Waals surface area contributed by atoms with Crippen LogP contribution in [0.3, 0.4) is 0 Å². The number of rotatable bonds is 4. The van der Waals surface area contributed by atoms with Gasteiger partial charge in [0.25, 0.3) is 5.91 Å². The van der Waals surface area contributed by atoms with Gasteiger partial charge >= 0.3 is 0 Å². The highest BCUT2D eigenvalue weighted by molar-refractivity contribution is 6.34. The highest BCUT2D eigenvalue weighted by atomic mass is 35.5. The lowest BCUT2D eigenvalue weighted by molar-refractivity contribution is 0.0953. The molecule has 0 spiro atoms. The average Bonchev–Trinajstić information content (AvgIpc) is 2.28. The third-order valence-electron chi connectivity index (χ3n) is 2.22. The van der Waals surface area contributed by atoms with Crippen molar-refractivity contribution >= 4 is 17.5 Å². The van der Waals surface area contributed by atoms with E-state index >= 15 is 0 Å². The van der Waals surface area contributed by atoms with E-state index in [9.17, 15) is 4.79 Å². The summed E-state index contributed by atoms with van der Waals surface area (Å²) >= 11 is 6.03. The van der Waals surface area contributed by atoms with Gasteiger partial charge in [0.15, 0.2) is 0 Å². The molecule has 0 aromatic heterocycles. The van der Waals surface area contributed by atoms with Gasteiger partial charge < -0.3 is 5.32 Å². The maximum atomic E-state index is 11.7. The maximum absolute atomic E-state index is 11.7. The molecule has 1 aromatic carbocycles. The van der Waals surface area contributed by atoms with Gasteiger partial charge in [-0.3, -0.25) is 4.79 Å². The van der Waals surface area contributed by atoms with E-state index in [0.717, 1.165) is 12.0 Å². The molecule has 1 amide bonds. The Morgan fingerprint density at radius 1 is 1.56 bits per heavy atom. The molecule has 0 saturated heterocycles. The molecule has 0 aliphatic rings. The van der Waals surface area contributed by atoms with Crippen LogP contribution in [0.1, 0.15) is 28.8 Å². The second-order valence-electron chi connectivity index (χ2n) is 3.50. The second kappa shape index (κ2) is 6.19. The number of aryl methyl sites for hydroxylation is 1. The number of unbranched alkanes of at least 4 members (excludes halogenated alkanes) is 1. The number of nitrogens with one attached hydrogen (secondary N) is 1. The van der Waals surface area contributed by atoms with Gasteiger partial charge in [-0.1, -0.05) is 23.7 Å². The predicted octanol–water partition coefficient (Wildman–Crippen LogP) is 2.79. The van der Waals surface area contributed by atoms with E-state index in [2.05, 4.69) is 11.2 Å². The summed E-state index contributed by atoms with van der Waals surface area (Å²) in [5, 5.41) is 3.29. The van der Waals surface area contributed by atoms with Crippen LogP contribution < -0.4 is 5.32 Å². The highest BCUT2D eigenvalue weighted by Gasteiger charge is 2.10. The third-order valence-corrected chi connectivity index (χ3v) is 2.72. The Morgan fingerprint density at radius 2 is 2.31 bits per heavy atom. The smallest absolute Gasteiger partial charge is 0.252 e. The van der Waals surface area contributed by atoms with Crippen molar-refractivity contribution < 1.29 is 4.79 Å². The number of hydrogen-bond donors (Lipinski definition) is 1. The molecule has 0 heterocycles. The molecule has 16 heavy (non-hydrogen) atoms. The van der Waals surface area contributed by atoms with Crippen molar-refractivity contribution in [1.82, 2.24) is 5.32 Å². The molecule has 1 aromatic rings. The topological polar surface area (TPSA) is 29.1 Å². The largest absolute Gasteiger partial charge is 0.352 e. The molecular weight excluding hydrogens is 222 g/mol. The number of benzene rings is 1. The Kier molecular flexibility index (Phi) is 4.88. The van der Waals surface area contributed by atoms with Gasteiger partial charge in [-0.15, -0.1) is 12.3 Å². The molecular formula is C13H14ClNO. The van der Waals surface area contributed by atoms with Crippen LogP contribution >= 0.6 is 11.6 Å². The molecule has 0 saturated carbocycles. The lowest BCUT2D eigenvalue weighted by atomic mass is 10.1. The standard InChI is InChI=1S/C13H14ClNO/c1-3-4-5-9-15-13(16)11-8-6-7-10(2)12(11)14/h1,6-8H,4-5,9H2,2H3,(H,15,16). The fourth-order valence-electron chi connectivity index (χ4n) is 1.31. The van der Waals surface area contributed by atoms with E-state index in [-0.39, 0.29) is 5.91 Å². The first-order valence-corrected chi connectivity index (χ1v) is 5.51. The molecule has 0 atom stereocenters. The Morgan fingerprint density at radius 3 is 3.00 bits per heavy atom. The number of hydrogen-bond acceptors (Lipinski definition) is 1. The zero-order valence-electron chi connectivity index (χ0n) is 9.22. The minimum atomic E-state index is -0.147. The molecule has 0 bridgehead atoms. The maximum Gasteiger partial charge on any atom is 0.252 e. The zero-order chi connectivity index (χ0) is 12.0. The minimum Gasteiger partial charge on any atom is -0.352 e. The number of terminal acetylenes is 1. The van der Waals surface area contributed by atoms with E-state index < -0.39 is 0 Å². The third kappa shape index (κ3) is 3.29. The molecule has 0 fully saturated rings. The monoisotopic (exact) mass is 235 g/mol. The summed E-state index contributed by atoms with van der Waals surface area (Å²) in [5.41, 5.74) is 1.42. The summed E-state index contributed by atoms with van der Waals surface area (Å²) in [7, 11) is 0. The van der Waals surface area contributed by atoms with Crippen LogP contribution in [0.15, 0.2) is 18.2 Å². The lowest BCUT2D eigenvalue weighted by Crippen LogP contribution is -2.24. The first-order chi connectivity index (χ1) is 7.66. The zero-order valence-corrected chi connectivity index (χ0v) is 9.97. The van der Waals surface area contributed by atoms with Crippen molar-refractivity contribution in [2.75, 3.05) is 6.54 Å². The molecule has 3 heteroatoms. The Hall–Kier alpha value is -1.46. The van der Waals surface area contributed by atoms with Crippen molar-refractivity contribution in [2.45, 2.75) is 19.8 Å². The summed E-state index contributed by atoms with van der Waals surface area (Å²) in [6, 6.07) is 5.40. The Balaban J connectivity index is 2.60. The molecule has 2 nitrogen and oxygen atoms in total. The van der Waals surface area contributed by atoms with E-state index in [0.29, 0.717) is 23.6 Å². The van der Waals surface area contributed by atoms with Crippen molar-refractivity contribution in [2.24, 2.45) is 0 Å². The van der Waals surface area contributed by atoms with Crippen molar-refractivity contribution in [3.05, 3.63) is 34.3 Å². The van der Waals surface area contributed by atoms with Gasteiger partial charge in [0.05, 0.1) is 10.6 Å². The molecule has 1 N–H and O–H groups in total. The van der Waals surface area contributed by atoms with Crippen LogP contribution in [0.4, 0.5) is 0 Å². The molecule has 1 rings (SSSR count). The van der Waals surface area contributed by atoms with E-state index in [1.54, 1.807) is 6.07 Å². The Bertz CT molecular complexity index is 420. The van der Waals surface area contributed by atoms with Gasteiger partial charge in [-0.05, 0) is 25.0 Å². The van der Waals surface area contributed by atoms with Crippen LogP contribution in [-0.2, 0) is 0 Å². The summed E-state index contributed by atoms with van der Waals surface area (Å²) in [5.74, 6) is 2.38. The predicted molar refractivity (Wildman–Crippen MR) is 66.6 cm³/mol. The second-order valence-corrected chi connectivity index (χ2v) is 3.88. The molecule has 0 unspecified atom stereocenters. The van der Waals surface area contributed by atoms with Gasteiger partial charge in [0.1, 0.15) is 0 Å². The van der Waals surface area contributed by atoms with Crippen molar-refractivity contribution in [1.29, 1.82) is 0 Å². The van der Waals surface area contributed by atoms with Gasteiger partial charge in [0.2, 0.25) is 0 Å². The number of carbonyl (C=O) groups is 1. The van der Waals surface area contributed by atoms with E-state index in [1.807, 2.05) is 19.1 Å². The van der Waals surface area contributed by atoms with Crippen LogP contribution in [0.5, 0.6) is 0 Å². The average molecular weight is 236 g/mol. The normalized spacial score (nSPS) is 9.56. The fourth-order valence-corrected chi connectivity index (χ4v) is 1.52. The number of amides is 1. The van der Waals surface area contributed by atoms with Crippen LogP contribution in [0, 0.1) is 19.3 Å². The summed E-state index contributed by atoms with van der Waals surface area (Å²) in [6.45, 7) is 2.45. The lowest BCUT2D eigenvalue weighted by Gasteiger charge is -2.07. The van der Waals surface area contributed by atoms with Crippen LogP contribution in [0.25, 0.3) is 0 Å². The first kappa shape index (κ1) is 12.6. The van der Waals surface area contributed by atoms with E-state index in [1.165, 1.54) is 0 Å². The summed E-state index contributed by atoms with van der Waals surface area (Å²) < 4.78 is 0. The highest BCUT2D eigenvalue weighted by Crippen LogP contribution is 2.19. The molecule has 0 aliphatic heterocycles. The quantitative estimate of drug-likeness (QED) is 0.631. The van der Waals surface area contributed by atoms with Gasteiger partial charge in [-0.2, -0.15) is 0 Å². The first-order valence-electron chi connectivity index (χ1n) is 5.13. The van der Waals surface area contributed by atoms with Gasteiger partial charge in [-0.25, -0.2) is 0 Å². The summed E-state index contributed by atoms with van der Waals surface area (Å²) in [6.07, 6.45) is 6.57. The summed E-state index contributed by atoms with van der Waals surface area (Å²) in [4.78, 5) is 11.7. The van der Waals surface area contributed by atoms with Gasteiger partial charge in [0, 0.05) is 13.0 Å². The van der Waals surface area contributed by atoms with Crippen molar-refractivity contribution in [3.8, 4) is 12.3 Å². The van der Waals surface area contributed by atoms with E-state index in [4.69, 9.17) is 18.0 Å². The van der Waals surface area contributed by atoms with Crippen LogP contribution in [-0.4, -0.2) is 12.5 Å². The minimum absolute atomic E-state index is 0.147. The number of carbonyl (C=O) groups excluding carboxylic acids is 1. The molecule has 84 valence electrons. The fraction of sp³-hybridized carbons (Fsp3) is 0.308. The number of halogens is 1. The SMILES string of the molecule is C#CCCCNC(=O)c1cccc(C)c1Cl. The van der Waals surface area contributed by atoms with Crippen LogP contribution in [0.2, 0.25) is 5.02 Å². The molecule has 0 aliphatic carbocycles. The molecule has 0 radical (unpaired) electrons.